The summed E-state index contributed by atoms with van der Waals surface area (Å²) in [6, 6.07) is 22.2. The van der Waals surface area contributed by atoms with Gasteiger partial charge in [-0.25, -0.2) is 17.5 Å². The SMILES string of the molecule is Cc1ccc(S(=O)(=O)N2C/C(=C/c3ccc(F)cc3)c3c(c(C(=O)NC(C)c4ccccn4)nn3-c3ccc(Cl)cc3Cl)C2)cc1. The molecule has 1 atom stereocenters. The Labute approximate surface area is 276 Å². The molecule has 0 fully saturated rings. The molecular weight excluding hydrogens is 648 g/mol. The van der Waals surface area contributed by atoms with Crippen molar-refractivity contribution in [3.8, 4) is 5.69 Å². The standard InChI is InChI=1S/C34H28Cl2FN5O3S/c1-21-6-13-27(14-7-21)46(44,45)41-19-24(17-23-8-11-26(37)12-9-23)33-28(20-41)32(34(43)39-22(2)30-5-3-4-16-38-30)40-42(33)31-15-10-25(35)18-29(31)36/h3-18,22H,19-20H2,1-2H3,(H,39,43)/b24-17-. The molecule has 0 bridgehead atoms. The number of rotatable bonds is 7. The Balaban J connectivity index is 1.54. The summed E-state index contributed by atoms with van der Waals surface area (Å²) in [7, 11) is -4.02. The Morgan fingerprint density at radius 2 is 1.74 bits per heavy atom. The van der Waals surface area contributed by atoms with Crippen LogP contribution < -0.4 is 5.32 Å². The first-order chi connectivity index (χ1) is 22.0. The van der Waals surface area contributed by atoms with E-state index >= 15 is 0 Å². The number of benzene rings is 3. The number of hydrogen-bond acceptors (Lipinski definition) is 5. The minimum atomic E-state index is -4.02. The number of sulfonamides is 1. The molecule has 6 rings (SSSR count). The summed E-state index contributed by atoms with van der Waals surface area (Å²) >= 11 is 12.9. The van der Waals surface area contributed by atoms with Crippen LogP contribution in [-0.2, 0) is 16.6 Å². The number of aryl methyl sites for hydroxylation is 1. The molecule has 0 aliphatic carbocycles. The quantitative estimate of drug-likeness (QED) is 0.196. The maximum Gasteiger partial charge on any atom is 0.272 e. The van der Waals surface area contributed by atoms with Gasteiger partial charge in [0.1, 0.15) is 5.82 Å². The van der Waals surface area contributed by atoms with Crippen molar-refractivity contribution in [1.29, 1.82) is 0 Å². The van der Waals surface area contributed by atoms with E-state index in [0.29, 0.717) is 38.8 Å². The van der Waals surface area contributed by atoms with Gasteiger partial charge in [-0.3, -0.25) is 9.78 Å². The first-order valence-corrected chi connectivity index (χ1v) is 16.5. The molecule has 0 radical (unpaired) electrons. The predicted octanol–water partition coefficient (Wildman–Crippen LogP) is 7.26. The van der Waals surface area contributed by atoms with Gasteiger partial charge in [0.05, 0.1) is 33.0 Å². The van der Waals surface area contributed by atoms with Gasteiger partial charge in [0.25, 0.3) is 5.91 Å². The van der Waals surface area contributed by atoms with Crippen molar-refractivity contribution in [2.24, 2.45) is 0 Å². The van der Waals surface area contributed by atoms with E-state index in [0.717, 1.165) is 5.56 Å². The molecule has 46 heavy (non-hydrogen) atoms. The van der Waals surface area contributed by atoms with Gasteiger partial charge in [0.15, 0.2) is 5.69 Å². The number of amides is 1. The second-order valence-corrected chi connectivity index (χ2v) is 13.7. The average molecular weight is 677 g/mol. The molecule has 3 heterocycles. The van der Waals surface area contributed by atoms with E-state index in [9.17, 15) is 17.6 Å². The van der Waals surface area contributed by atoms with Crippen LogP contribution in [0.3, 0.4) is 0 Å². The van der Waals surface area contributed by atoms with E-state index in [-0.39, 0.29) is 28.7 Å². The van der Waals surface area contributed by atoms with Crippen molar-refractivity contribution in [2.75, 3.05) is 6.54 Å². The highest BCUT2D eigenvalue weighted by atomic mass is 35.5. The van der Waals surface area contributed by atoms with Crippen LogP contribution in [0, 0.1) is 12.7 Å². The zero-order chi connectivity index (χ0) is 32.6. The number of halogens is 3. The molecule has 0 saturated heterocycles. The lowest BCUT2D eigenvalue weighted by atomic mass is 9.98. The third kappa shape index (κ3) is 6.34. The largest absolute Gasteiger partial charge is 0.343 e. The normalized spacial score (nSPS) is 15.0. The fourth-order valence-corrected chi connectivity index (χ4v) is 7.19. The van der Waals surface area contributed by atoms with Gasteiger partial charge in [-0.1, -0.05) is 59.1 Å². The molecule has 234 valence electrons. The average Bonchev–Trinajstić information content (AvgIpc) is 3.42. The molecule has 12 heteroatoms. The van der Waals surface area contributed by atoms with Crippen LogP contribution in [0.2, 0.25) is 10.0 Å². The van der Waals surface area contributed by atoms with Gasteiger partial charge >= 0.3 is 0 Å². The van der Waals surface area contributed by atoms with Crippen molar-refractivity contribution in [3.63, 3.8) is 0 Å². The van der Waals surface area contributed by atoms with Crippen LogP contribution in [0.25, 0.3) is 17.3 Å². The third-order valence-electron chi connectivity index (χ3n) is 7.67. The van der Waals surface area contributed by atoms with E-state index in [2.05, 4.69) is 10.3 Å². The molecule has 5 aromatic rings. The van der Waals surface area contributed by atoms with Crippen molar-refractivity contribution in [1.82, 2.24) is 24.4 Å². The summed E-state index contributed by atoms with van der Waals surface area (Å²) in [6.45, 7) is 3.48. The summed E-state index contributed by atoms with van der Waals surface area (Å²) in [5.41, 5.74) is 4.06. The summed E-state index contributed by atoms with van der Waals surface area (Å²) in [5, 5.41) is 8.38. The van der Waals surface area contributed by atoms with Crippen molar-refractivity contribution >= 4 is 50.8 Å². The molecule has 2 aromatic heterocycles. The van der Waals surface area contributed by atoms with Crippen LogP contribution in [0.5, 0.6) is 0 Å². The highest BCUT2D eigenvalue weighted by Gasteiger charge is 2.37. The molecular formula is C34H28Cl2FN5O3S. The van der Waals surface area contributed by atoms with E-state index in [1.54, 1.807) is 90.6 Å². The van der Waals surface area contributed by atoms with Gasteiger partial charge < -0.3 is 5.32 Å². The van der Waals surface area contributed by atoms with Gasteiger partial charge in [-0.15, -0.1) is 0 Å². The topological polar surface area (TPSA) is 97.2 Å². The number of fused-ring (bicyclic) bond motifs is 1. The van der Waals surface area contributed by atoms with E-state index < -0.39 is 27.8 Å². The Morgan fingerprint density at radius 3 is 2.41 bits per heavy atom. The zero-order valence-electron chi connectivity index (χ0n) is 24.8. The maximum atomic E-state index is 14.0. The van der Waals surface area contributed by atoms with Crippen molar-refractivity contribution in [3.05, 3.63) is 141 Å². The molecule has 0 saturated carbocycles. The minimum Gasteiger partial charge on any atom is -0.343 e. The van der Waals surface area contributed by atoms with Gasteiger partial charge in [0.2, 0.25) is 10.0 Å². The molecule has 3 aromatic carbocycles. The first kappa shape index (κ1) is 31.6. The lowest BCUT2D eigenvalue weighted by Gasteiger charge is -2.29. The highest BCUT2D eigenvalue weighted by Crippen LogP contribution is 2.38. The Bertz CT molecular complexity index is 2070. The van der Waals surface area contributed by atoms with Crippen LogP contribution in [0.15, 0.2) is 96.0 Å². The fraction of sp³-hybridized carbons (Fsp3) is 0.147. The highest BCUT2D eigenvalue weighted by molar-refractivity contribution is 7.89. The number of carbonyl (C=O) groups is 1. The van der Waals surface area contributed by atoms with Crippen molar-refractivity contribution < 1.29 is 17.6 Å². The predicted molar refractivity (Wildman–Crippen MR) is 177 cm³/mol. The second-order valence-electron chi connectivity index (χ2n) is 10.9. The van der Waals surface area contributed by atoms with E-state index in [1.165, 1.54) is 16.4 Å². The number of hydrogen-bond donors (Lipinski definition) is 1. The number of aromatic nitrogens is 3. The van der Waals surface area contributed by atoms with Crippen LogP contribution in [-0.4, -0.2) is 39.9 Å². The summed E-state index contributed by atoms with van der Waals surface area (Å²) in [5.74, 6) is -0.928. The number of nitrogens with zero attached hydrogens (tertiary/aromatic N) is 4. The Morgan fingerprint density at radius 1 is 1.00 bits per heavy atom. The van der Waals surface area contributed by atoms with E-state index in [1.807, 2.05) is 13.0 Å². The summed E-state index contributed by atoms with van der Waals surface area (Å²) in [4.78, 5) is 18.4. The van der Waals surface area contributed by atoms with Crippen LogP contribution in [0.1, 0.15) is 51.5 Å². The number of carbonyl (C=O) groups excluding carboxylic acids is 1. The molecule has 1 aliphatic rings. The van der Waals surface area contributed by atoms with Crippen LogP contribution >= 0.6 is 23.2 Å². The Kier molecular flexibility index (Phi) is 8.80. The van der Waals surface area contributed by atoms with E-state index in [4.69, 9.17) is 28.3 Å². The van der Waals surface area contributed by atoms with Crippen LogP contribution in [0.4, 0.5) is 4.39 Å². The monoisotopic (exact) mass is 675 g/mol. The second kappa shape index (κ2) is 12.8. The van der Waals surface area contributed by atoms with Crippen molar-refractivity contribution in [2.45, 2.75) is 31.3 Å². The summed E-state index contributed by atoms with van der Waals surface area (Å²) in [6.07, 6.45) is 3.40. The van der Waals surface area contributed by atoms with Gasteiger partial charge in [0, 0.05) is 29.9 Å². The molecule has 1 aliphatic heterocycles. The van der Waals surface area contributed by atoms with Gasteiger partial charge in [-0.05, 0) is 85.7 Å². The number of nitrogens with one attached hydrogen (secondary N) is 1. The maximum absolute atomic E-state index is 14.0. The van der Waals surface area contributed by atoms with Gasteiger partial charge in [-0.2, -0.15) is 9.40 Å². The Hall–Kier alpha value is -4.35. The number of pyridine rings is 1. The first-order valence-electron chi connectivity index (χ1n) is 14.3. The lowest BCUT2D eigenvalue weighted by Crippen LogP contribution is -2.37. The zero-order valence-corrected chi connectivity index (χ0v) is 27.1. The molecule has 1 N–H and O–H groups in total. The smallest absolute Gasteiger partial charge is 0.272 e. The third-order valence-corrected chi connectivity index (χ3v) is 10.0. The summed E-state index contributed by atoms with van der Waals surface area (Å²) < 4.78 is 44.8. The molecule has 8 nitrogen and oxygen atoms in total. The molecule has 1 amide bonds. The minimum absolute atomic E-state index is 0.0256. The lowest BCUT2D eigenvalue weighted by molar-refractivity contribution is 0.0932. The fourth-order valence-electron chi connectivity index (χ4n) is 5.31. The molecule has 0 spiro atoms. The molecule has 1 unspecified atom stereocenters.